The molecule has 0 radical (unpaired) electrons. The topological polar surface area (TPSA) is 83.8 Å². The standard InChI is InChI=1S/C19H17FN4O/c20-16-7-2-1-6-14(16)17-15(11-22-24-17)18(25)23-13-5-3-4-12(10-13)19(21)8-9-19/h1-7,10-11H,8-9,21H2,(H,22,24)(H,23,25). The van der Waals surface area contributed by atoms with Crippen LogP contribution in [0.1, 0.15) is 28.8 Å². The number of H-pyrrole nitrogens is 1. The number of aromatic amines is 1. The Morgan fingerprint density at radius 3 is 2.76 bits per heavy atom. The summed E-state index contributed by atoms with van der Waals surface area (Å²) in [6.45, 7) is 0. The lowest BCUT2D eigenvalue weighted by Gasteiger charge is -2.12. The lowest BCUT2D eigenvalue weighted by Crippen LogP contribution is -2.19. The van der Waals surface area contributed by atoms with Gasteiger partial charge in [-0.2, -0.15) is 5.10 Å². The number of nitrogens with one attached hydrogen (secondary N) is 2. The number of hydrogen-bond acceptors (Lipinski definition) is 3. The molecule has 0 saturated heterocycles. The Bertz CT molecular complexity index is 946. The van der Waals surface area contributed by atoms with Crippen molar-refractivity contribution in [2.75, 3.05) is 5.32 Å². The molecule has 1 aromatic heterocycles. The van der Waals surface area contributed by atoms with E-state index in [4.69, 9.17) is 5.73 Å². The first-order chi connectivity index (χ1) is 12.1. The number of benzene rings is 2. The molecule has 1 aliphatic rings. The molecule has 4 rings (SSSR count). The van der Waals surface area contributed by atoms with E-state index >= 15 is 0 Å². The van der Waals surface area contributed by atoms with E-state index in [-0.39, 0.29) is 17.0 Å². The largest absolute Gasteiger partial charge is 0.322 e. The first-order valence-electron chi connectivity index (χ1n) is 8.06. The van der Waals surface area contributed by atoms with E-state index in [0.29, 0.717) is 16.9 Å². The van der Waals surface area contributed by atoms with E-state index in [2.05, 4.69) is 15.5 Å². The highest BCUT2D eigenvalue weighted by Crippen LogP contribution is 2.43. The molecule has 25 heavy (non-hydrogen) atoms. The van der Waals surface area contributed by atoms with E-state index < -0.39 is 5.82 Å². The van der Waals surface area contributed by atoms with Gasteiger partial charge in [0.2, 0.25) is 0 Å². The monoisotopic (exact) mass is 336 g/mol. The molecule has 1 amide bonds. The van der Waals surface area contributed by atoms with Gasteiger partial charge < -0.3 is 11.1 Å². The van der Waals surface area contributed by atoms with E-state index in [1.807, 2.05) is 18.2 Å². The molecule has 0 atom stereocenters. The summed E-state index contributed by atoms with van der Waals surface area (Å²) >= 11 is 0. The van der Waals surface area contributed by atoms with Gasteiger partial charge in [-0.25, -0.2) is 4.39 Å². The van der Waals surface area contributed by atoms with Crippen molar-refractivity contribution in [2.45, 2.75) is 18.4 Å². The summed E-state index contributed by atoms with van der Waals surface area (Å²) in [5.41, 5.74) is 8.54. The normalized spacial score (nSPS) is 15.0. The quantitative estimate of drug-likeness (QED) is 0.682. The SMILES string of the molecule is NC1(c2cccc(NC(=O)c3cn[nH]c3-c3ccccc3F)c2)CC1. The van der Waals surface area contributed by atoms with Crippen LogP contribution in [0.3, 0.4) is 0 Å². The predicted molar refractivity (Wildman–Crippen MR) is 93.5 cm³/mol. The van der Waals surface area contributed by atoms with Gasteiger partial charge in [0.15, 0.2) is 0 Å². The second-order valence-corrected chi connectivity index (χ2v) is 6.33. The second-order valence-electron chi connectivity index (χ2n) is 6.33. The first-order valence-corrected chi connectivity index (χ1v) is 8.06. The number of anilines is 1. The summed E-state index contributed by atoms with van der Waals surface area (Å²) in [6, 6.07) is 13.8. The molecular formula is C19H17FN4O. The van der Waals surface area contributed by atoms with Gasteiger partial charge in [-0.1, -0.05) is 24.3 Å². The third-order valence-corrected chi connectivity index (χ3v) is 4.51. The Morgan fingerprint density at radius 2 is 2.00 bits per heavy atom. The van der Waals surface area contributed by atoms with Crippen molar-refractivity contribution in [1.29, 1.82) is 0 Å². The highest BCUT2D eigenvalue weighted by atomic mass is 19.1. The molecule has 2 aromatic carbocycles. The van der Waals surface area contributed by atoms with Gasteiger partial charge in [-0.05, 0) is 42.7 Å². The van der Waals surface area contributed by atoms with Crippen LogP contribution in [0.5, 0.6) is 0 Å². The Morgan fingerprint density at radius 1 is 1.20 bits per heavy atom. The summed E-state index contributed by atoms with van der Waals surface area (Å²) in [4.78, 5) is 12.6. The van der Waals surface area contributed by atoms with Crippen LogP contribution < -0.4 is 11.1 Å². The van der Waals surface area contributed by atoms with Crippen molar-refractivity contribution in [1.82, 2.24) is 10.2 Å². The molecule has 0 unspecified atom stereocenters. The molecule has 6 heteroatoms. The van der Waals surface area contributed by atoms with Crippen LogP contribution in [0.2, 0.25) is 0 Å². The molecule has 1 fully saturated rings. The maximum atomic E-state index is 14.0. The van der Waals surface area contributed by atoms with E-state index in [1.165, 1.54) is 12.3 Å². The molecule has 0 aliphatic heterocycles. The molecule has 0 bridgehead atoms. The number of hydrogen-bond donors (Lipinski definition) is 3. The van der Waals surface area contributed by atoms with Crippen LogP contribution in [0, 0.1) is 5.82 Å². The van der Waals surface area contributed by atoms with Crippen molar-refractivity contribution in [3.05, 3.63) is 71.7 Å². The number of nitrogens with two attached hydrogens (primary N) is 1. The molecule has 1 saturated carbocycles. The molecule has 5 nitrogen and oxygen atoms in total. The molecule has 1 aliphatic carbocycles. The predicted octanol–water partition coefficient (Wildman–Crippen LogP) is 3.42. The van der Waals surface area contributed by atoms with Crippen LogP contribution in [-0.2, 0) is 5.54 Å². The Hall–Kier alpha value is -2.99. The maximum absolute atomic E-state index is 14.0. The minimum atomic E-state index is -0.415. The zero-order chi connectivity index (χ0) is 17.4. The Labute approximate surface area is 144 Å². The minimum Gasteiger partial charge on any atom is -0.322 e. The van der Waals surface area contributed by atoms with Gasteiger partial charge >= 0.3 is 0 Å². The second kappa shape index (κ2) is 5.82. The highest BCUT2D eigenvalue weighted by Gasteiger charge is 2.39. The fraction of sp³-hybridized carbons (Fsp3) is 0.158. The molecule has 0 spiro atoms. The molecule has 1 heterocycles. The van der Waals surface area contributed by atoms with Gasteiger partial charge in [0.1, 0.15) is 5.82 Å². The average Bonchev–Trinajstić information content (AvgIpc) is 3.18. The number of aromatic nitrogens is 2. The summed E-state index contributed by atoms with van der Waals surface area (Å²) in [7, 11) is 0. The Kier molecular flexibility index (Phi) is 3.62. The molecule has 3 aromatic rings. The van der Waals surface area contributed by atoms with Gasteiger partial charge in [-0.15, -0.1) is 0 Å². The lowest BCUT2D eigenvalue weighted by atomic mass is 10.0. The smallest absolute Gasteiger partial charge is 0.259 e. The average molecular weight is 336 g/mol. The number of carbonyl (C=O) groups is 1. The van der Waals surface area contributed by atoms with E-state index in [1.54, 1.807) is 24.3 Å². The Balaban J connectivity index is 1.61. The minimum absolute atomic E-state index is 0.269. The first kappa shape index (κ1) is 15.5. The third kappa shape index (κ3) is 2.92. The summed E-state index contributed by atoms with van der Waals surface area (Å²) in [6.07, 6.45) is 3.29. The fourth-order valence-electron chi connectivity index (χ4n) is 2.86. The number of nitrogens with zero attached hydrogens (tertiary/aromatic N) is 1. The van der Waals surface area contributed by atoms with Crippen molar-refractivity contribution >= 4 is 11.6 Å². The number of amides is 1. The van der Waals surface area contributed by atoms with Gasteiger partial charge in [-0.3, -0.25) is 9.89 Å². The third-order valence-electron chi connectivity index (χ3n) is 4.51. The number of rotatable bonds is 4. The summed E-state index contributed by atoms with van der Waals surface area (Å²) in [5.74, 6) is -0.771. The molecule has 4 N–H and O–H groups in total. The molecule has 126 valence electrons. The summed E-state index contributed by atoms with van der Waals surface area (Å²) in [5, 5.41) is 9.44. The van der Waals surface area contributed by atoms with Crippen molar-refractivity contribution in [2.24, 2.45) is 5.73 Å². The van der Waals surface area contributed by atoms with Crippen LogP contribution in [0.15, 0.2) is 54.7 Å². The van der Waals surface area contributed by atoms with Gasteiger partial charge in [0.05, 0.1) is 17.5 Å². The maximum Gasteiger partial charge on any atom is 0.259 e. The molecular weight excluding hydrogens is 319 g/mol. The van der Waals surface area contributed by atoms with E-state index in [0.717, 1.165) is 18.4 Å². The van der Waals surface area contributed by atoms with Crippen molar-refractivity contribution in [3.8, 4) is 11.3 Å². The van der Waals surface area contributed by atoms with Gasteiger partial charge in [0, 0.05) is 16.8 Å². The van der Waals surface area contributed by atoms with Crippen molar-refractivity contribution in [3.63, 3.8) is 0 Å². The lowest BCUT2D eigenvalue weighted by molar-refractivity contribution is 0.102. The zero-order valence-corrected chi connectivity index (χ0v) is 13.4. The van der Waals surface area contributed by atoms with E-state index in [9.17, 15) is 9.18 Å². The highest BCUT2D eigenvalue weighted by molar-refractivity contribution is 6.08. The zero-order valence-electron chi connectivity index (χ0n) is 13.4. The van der Waals surface area contributed by atoms with Crippen molar-refractivity contribution < 1.29 is 9.18 Å². The summed E-state index contributed by atoms with van der Waals surface area (Å²) < 4.78 is 14.0. The fourth-order valence-corrected chi connectivity index (χ4v) is 2.86. The van der Waals surface area contributed by atoms with Crippen LogP contribution in [0.25, 0.3) is 11.3 Å². The number of halogens is 1. The van der Waals surface area contributed by atoms with Crippen LogP contribution >= 0.6 is 0 Å². The number of carbonyl (C=O) groups excluding carboxylic acids is 1. The van der Waals surface area contributed by atoms with Crippen LogP contribution in [-0.4, -0.2) is 16.1 Å². The van der Waals surface area contributed by atoms with Gasteiger partial charge in [0.25, 0.3) is 5.91 Å². The van der Waals surface area contributed by atoms with Crippen LogP contribution in [0.4, 0.5) is 10.1 Å².